The smallest absolute Gasteiger partial charge is 0.326 e. The van der Waals surface area contributed by atoms with Crippen molar-refractivity contribution in [1.82, 2.24) is 34.7 Å². The fraction of sp³-hybridized carbons (Fsp3) is 0.235. The highest BCUT2D eigenvalue weighted by Gasteiger charge is 2.33. The van der Waals surface area contributed by atoms with Crippen LogP contribution in [0.5, 0.6) is 11.5 Å². The van der Waals surface area contributed by atoms with Crippen LogP contribution in [0, 0.1) is 0 Å². The van der Waals surface area contributed by atoms with Crippen LogP contribution in [0.25, 0.3) is 27.8 Å². The molecule has 44 heavy (non-hydrogen) atoms. The lowest BCUT2D eigenvalue weighted by Crippen LogP contribution is -2.40. The summed E-state index contributed by atoms with van der Waals surface area (Å²) in [6.45, 7) is 2.58. The lowest BCUT2D eigenvalue weighted by atomic mass is 9.96. The Hall–Kier alpha value is -5.22. The molecule has 1 unspecified atom stereocenters. The Morgan fingerprint density at radius 3 is 2.34 bits per heavy atom. The number of hydrogen-bond acceptors (Lipinski definition) is 7. The number of aromatic amines is 1. The Bertz CT molecular complexity index is 1970. The van der Waals surface area contributed by atoms with E-state index in [-0.39, 0.29) is 17.8 Å². The van der Waals surface area contributed by atoms with Crippen LogP contribution in [0.4, 0.5) is 0 Å². The highest BCUT2D eigenvalue weighted by Crippen LogP contribution is 2.37. The lowest BCUT2D eigenvalue weighted by Gasteiger charge is -2.37. The number of fused-ring (bicyclic) bond motifs is 2. The average Bonchev–Trinajstić information content (AvgIpc) is 3.70. The molecule has 0 spiro atoms. The second-order valence-electron chi connectivity index (χ2n) is 11.3. The minimum atomic E-state index is -0.205. The molecule has 0 saturated carbocycles. The average molecular weight is 586 g/mol. The fourth-order valence-electron chi connectivity index (χ4n) is 6.56. The summed E-state index contributed by atoms with van der Waals surface area (Å²) in [6, 6.07) is 32.6. The summed E-state index contributed by atoms with van der Waals surface area (Å²) in [5.41, 5.74) is 5.99. The minimum absolute atomic E-state index is 0.0553. The first-order chi connectivity index (χ1) is 21.7. The number of benzene rings is 4. The molecule has 0 radical (unpaired) electrons. The van der Waals surface area contributed by atoms with Gasteiger partial charge in [0.15, 0.2) is 17.3 Å². The maximum absolute atomic E-state index is 13.0. The lowest BCUT2D eigenvalue weighted by molar-refractivity contribution is 0.148. The number of tetrazole rings is 1. The number of likely N-dealkylation sites (tertiary alicyclic amines) is 1. The summed E-state index contributed by atoms with van der Waals surface area (Å²) >= 11 is 0. The van der Waals surface area contributed by atoms with Gasteiger partial charge < -0.3 is 14.5 Å². The predicted octanol–water partition coefficient (Wildman–Crippen LogP) is 5.17. The van der Waals surface area contributed by atoms with Gasteiger partial charge in [-0.05, 0) is 64.2 Å². The number of nitrogens with zero attached hydrogens (tertiary/aromatic N) is 6. The minimum Gasteiger partial charge on any atom is -0.486 e. The summed E-state index contributed by atoms with van der Waals surface area (Å²) in [6.07, 6.45) is 1.65. The number of rotatable bonds is 6. The Kier molecular flexibility index (Phi) is 6.68. The summed E-state index contributed by atoms with van der Waals surface area (Å²) in [5.74, 6) is 2.12. The molecule has 2 aromatic heterocycles. The molecule has 10 nitrogen and oxygen atoms in total. The van der Waals surface area contributed by atoms with Gasteiger partial charge in [-0.3, -0.25) is 9.47 Å². The van der Waals surface area contributed by atoms with Crippen molar-refractivity contribution in [3.8, 4) is 28.3 Å². The zero-order valence-electron chi connectivity index (χ0n) is 24.0. The molecule has 6 aromatic rings. The van der Waals surface area contributed by atoms with Crippen LogP contribution in [0.1, 0.15) is 36.3 Å². The molecule has 1 atom stereocenters. The van der Waals surface area contributed by atoms with Crippen molar-refractivity contribution in [3.63, 3.8) is 0 Å². The normalized spacial score (nSPS) is 16.3. The van der Waals surface area contributed by atoms with Crippen LogP contribution >= 0.6 is 0 Å². The number of imidazole rings is 1. The van der Waals surface area contributed by atoms with Crippen molar-refractivity contribution in [2.45, 2.75) is 24.9 Å². The summed E-state index contributed by atoms with van der Waals surface area (Å²) < 4.78 is 15.3. The van der Waals surface area contributed by atoms with E-state index in [1.54, 1.807) is 4.68 Å². The molecule has 2 aliphatic rings. The molecule has 0 amide bonds. The third-order valence-corrected chi connectivity index (χ3v) is 8.70. The SMILES string of the molecule is O=c1[nH]c2ccccc2n1C1CCN(C(c2ccc(-c3ccccc3)cc2)c2nnnn2-c2ccc3c(c2)OCCO3)CC1. The van der Waals surface area contributed by atoms with Gasteiger partial charge in [-0.1, -0.05) is 66.7 Å². The number of H-pyrrole nitrogens is 1. The number of para-hydroxylation sites is 2. The zero-order valence-corrected chi connectivity index (χ0v) is 24.0. The monoisotopic (exact) mass is 585 g/mol. The fourth-order valence-corrected chi connectivity index (χ4v) is 6.56. The van der Waals surface area contributed by atoms with E-state index in [1.165, 1.54) is 5.56 Å². The molecule has 0 aliphatic carbocycles. The molecule has 4 aromatic carbocycles. The van der Waals surface area contributed by atoms with E-state index in [9.17, 15) is 4.79 Å². The first-order valence-electron chi connectivity index (χ1n) is 15.0. The summed E-state index contributed by atoms with van der Waals surface area (Å²) in [5, 5.41) is 13.1. The van der Waals surface area contributed by atoms with Gasteiger partial charge in [0.05, 0.1) is 22.8 Å². The molecule has 10 heteroatoms. The zero-order chi connectivity index (χ0) is 29.5. The van der Waals surface area contributed by atoms with Crippen molar-refractivity contribution in [3.05, 3.63) is 119 Å². The second kappa shape index (κ2) is 11.1. The van der Waals surface area contributed by atoms with Gasteiger partial charge in [-0.2, -0.15) is 4.68 Å². The van der Waals surface area contributed by atoms with Gasteiger partial charge in [0.1, 0.15) is 13.2 Å². The van der Waals surface area contributed by atoms with Crippen LogP contribution in [0.2, 0.25) is 0 Å². The number of aromatic nitrogens is 6. The summed E-state index contributed by atoms with van der Waals surface area (Å²) in [7, 11) is 0. The molecule has 8 rings (SSSR count). The van der Waals surface area contributed by atoms with Gasteiger partial charge in [0, 0.05) is 25.2 Å². The third kappa shape index (κ3) is 4.73. The summed E-state index contributed by atoms with van der Waals surface area (Å²) in [4.78, 5) is 18.4. The van der Waals surface area contributed by atoms with Crippen LogP contribution in [0.15, 0.2) is 102 Å². The van der Waals surface area contributed by atoms with Crippen LogP contribution in [-0.2, 0) is 0 Å². The highest BCUT2D eigenvalue weighted by molar-refractivity contribution is 5.75. The van der Waals surface area contributed by atoms with Crippen LogP contribution in [-0.4, -0.2) is 61.0 Å². The van der Waals surface area contributed by atoms with Crippen LogP contribution < -0.4 is 15.2 Å². The maximum Gasteiger partial charge on any atom is 0.326 e. The molecule has 1 saturated heterocycles. The van der Waals surface area contributed by atoms with Gasteiger partial charge in [0.2, 0.25) is 0 Å². The van der Waals surface area contributed by atoms with Crippen molar-refractivity contribution in [1.29, 1.82) is 0 Å². The van der Waals surface area contributed by atoms with Crippen molar-refractivity contribution >= 4 is 11.0 Å². The van der Waals surface area contributed by atoms with Crippen molar-refractivity contribution in [2.24, 2.45) is 0 Å². The molecule has 0 bridgehead atoms. The molecule has 1 fully saturated rings. The predicted molar refractivity (Wildman–Crippen MR) is 166 cm³/mol. The first-order valence-corrected chi connectivity index (χ1v) is 15.0. The van der Waals surface area contributed by atoms with E-state index in [4.69, 9.17) is 9.47 Å². The molecule has 2 aliphatic heterocycles. The molecular formula is C34H31N7O3. The quantitative estimate of drug-likeness (QED) is 0.288. The number of piperidine rings is 1. The van der Waals surface area contributed by atoms with Crippen molar-refractivity contribution < 1.29 is 9.47 Å². The van der Waals surface area contributed by atoms with Gasteiger partial charge in [0.25, 0.3) is 0 Å². The van der Waals surface area contributed by atoms with Gasteiger partial charge in [-0.15, -0.1) is 5.10 Å². The first kappa shape index (κ1) is 26.4. The van der Waals surface area contributed by atoms with E-state index in [2.05, 4.69) is 73.9 Å². The second-order valence-corrected chi connectivity index (χ2v) is 11.3. The highest BCUT2D eigenvalue weighted by atomic mass is 16.6. The Morgan fingerprint density at radius 1 is 0.795 bits per heavy atom. The van der Waals surface area contributed by atoms with E-state index < -0.39 is 0 Å². The molecule has 1 N–H and O–H groups in total. The van der Waals surface area contributed by atoms with Gasteiger partial charge in [-0.25, -0.2) is 4.79 Å². The third-order valence-electron chi connectivity index (χ3n) is 8.70. The Balaban J connectivity index is 1.15. The Morgan fingerprint density at radius 2 is 1.52 bits per heavy atom. The number of nitrogens with one attached hydrogen (secondary N) is 1. The number of ether oxygens (including phenoxy) is 2. The van der Waals surface area contributed by atoms with E-state index in [1.807, 2.05) is 53.1 Å². The topological polar surface area (TPSA) is 103 Å². The van der Waals surface area contributed by atoms with E-state index >= 15 is 0 Å². The van der Waals surface area contributed by atoms with Gasteiger partial charge >= 0.3 is 5.69 Å². The standard InChI is InChI=1S/C34H31N7O3/c42-34-35-28-8-4-5-9-29(28)40(34)26-16-18-39(19-17-26)32(25-12-10-24(11-13-25)23-6-2-1-3-7-23)33-36-37-38-41(33)27-14-15-30-31(22-27)44-21-20-43-30/h1-15,22,26,32H,16-21H2,(H,35,42). The molecule has 220 valence electrons. The van der Waals surface area contributed by atoms with Crippen LogP contribution in [0.3, 0.4) is 0 Å². The Labute approximate surface area is 253 Å². The molecular weight excluding hydrogens is 554 g/mol. The molecule has 4 heterocycles. The van der Waals surface area contributed by atoms with Crippen molar-refractivity contribution in [2.75, 3.05) is 26.3 Å². The maximum atomic E-state index is 13.0. The van der Waals surface area contributed by atoms with E-state index in [0.29, 0.717) is 19.0 Å². The number of hydrogen-bond donors (Lipinski definition) is 1. The van der Waals surface area contributed by atoms with E-state index in [0.717, 1.165) is 65.4 Å². The largest absolute Gasteiger partial charge is 0.486 e.